The molecule has 1 aromatic heterocycles. The number of rotatable bonds is 3. The molecule has 0 bridgehead atoms. The lowest BCUT2D eigenvalue weighted by Gasteiger charge is -2.21. The lowest BCUT2D eigenvalue weighted by molar-refractivity contribution is -0.132. The average molecular weight is 394 g/mol. The Kier molecular flexibility index (Phi) is 5.36. The van der Waals surface area contributed by atoms with Gasteiger partial charge in [0.25, 0.3) is 0 Å². The summed E-state index contributed by atoms with van der Waals surface area (Å²) in [5.74, 6) is -11.2. The highest BCUT2D eigenvalue weighted by Crippen LogP contribution is 2.43. The highest BCUT2D eigenvalue weighted by Gasteiger charge is 2.31. The summed E-state index contributed by atoms with van der Waals surface area (Å²) in [6, 6.07) is 0. The van der Waals surface area contributed by atoms with E-state index in [1.807, 2.05) is 0 Å². The van der Waals surface area contributed by atoms with Crippen LogP contribution in [0.3, 0.4) is 0 Å². The quantitative estimate of drug-likeness (QED) is 0.327. The van der Waals surface area contributed by atoms with Crippen molar-refractivity contribution in [3.8, 4) is 5.88 Å². The topological polar surface area (TPSA) is 44.1 Å². The van der Waals surface area contributed by atoms with E-state index in [2.05, 4.69) is 5.10 Å². The lowest BCUT2D eigenvalue weighted by atomic mass is 10.1. The molecule has 1 aromatic carbocycles. The number of carbonyl (C=O) groups is 1. The minimum Gasteiger partial charge on any atom is -0.407 e. The maximum atomic E-state index is 14.0. The molecular weight excluding hydrogens is 379 g/mol. The second-order valence-electron chi connectivity index (χ2n) is 6.40. The zero-order valence-corrected chi connectivity index (χ0v) is 15.3. The number of carbonyl (C=O) groups excluding carboxylic acids is 1. The molecule has 10 heteroatoms. The van der Waals surface area contributed by atoms with Gasteiger partial charge in [0, 0.05) is 6.92 Å². The minimum absolute atomic E-state index is 0.0293. The standard InChI is InChI=1S/C16H15F5N2O2S/c1-6-13(15(25-7(2)24)23(22-6)16(3,4)5)26-14-11(20)9(18)8(17)10(19)12(14)21/h1-5H3. The molecule has 0 amide bonds. The summed E-state index contributed by atoms with van der Waals surface area (Å²) < 4.78 is 74.4. The van der Waals surface area contributed by atoms with Gasteiger partial charge < -0.3 is 4.74 Å². The Bertz CT molecular complexity index is 861. The highest BCUT2D eigenvalue weighted by molar-refractivity contribution is 7.99. The van der Waals surface area contributed by atoms with Crippen LogP contribution >= 0.6 is 11.8 Å². The molecule has 0 aliphatic heterocycles. The van der Waals surface area contributed by atoms with Crippen LogP contribution in [-0.4, -0.2) is 15.7 Å². The van der Waals surface area contributed by atoms with Crippen molar-refractivity contribution in [2.24, 2.45) is 0 Å². The first-order chi connectivity index (χ1) is 11.9. The Morgan fingerprint density at radius 1 is 0.962 bits per heavy atom. The normalized spacial score (nSPS) is 11.8. The van der Waals surface area contributed by atoms with Crippen molar-refractivity contribution in [1.82, 2.24) is 9.78 Å². The first-order valence-corrected chi connectivity index (χ1v) is 8.15. The third kappa shape index (κ3) is 3.55. The molecule has 142 valence electrons. The van der Waals surface area contributed by atoms with Crippen LogP contribution in [0.5, 0.6) is 5.88 Å². The molecule has 0 atom stereocenters. The molecule has 1 heterocycles. The van der Waals surface area contributed by atoms with E-state index in [-0.39, 0.29) is 28.2 Å². The Labute approximate surface area is 150 Å². The van der Waals surface area contributed by atoms with E-state index in [1.165, 1.54) is 11.6 Å². The predicted octanol–water partition coefficient (Wildman–Crippen LogP) is 4.72. The number of hydrogen-bond acceptors (Lipinski definition) is 4. The average Bonchev–Trinajstić information content (AvgIpc) is 2.83. The fourth-order valence-electron chi connectivity index (χ4n) is 2.07. The molecule has 0 radical (unpaired) electrons. The van der Waals surface area contributed by atoms with Crippen molar-refractivity contribution < 1.29 is 31.5 Å². The van der Waals surface area contributed by atoms with Gasteiger partial charge in [-0.05, 0) is 27.7 Å². The molecule has 0 aliphatic rings. The number of esters is 1. The van der Waals surface area contributed by atoms with Crippen molar-refractivity contribution in [2.75, 3.05) is 0 Å². The molecule has 0 fully saturated rings. The van der Waals surface area contributed by atoms with E-state index < -0.39 is 45.5 Å². The summed E-state index contributed by atoms with van der Waals surface area (Å²) in [5, 5.41) is 4.16. The number of benzene rings is 1. The van der Waals surface area contributed by atoms with Crippen LogP contribution in [-0.2, 0) is 10.3 Å². The Hall–Kier alpha value is -2.10. The fourth-order valence-corrected chi connectivity index (χ4v) is 3.03. The van der Waals surface area contributed by atoms with E-state index in [0.29, 0.717) is 0 Å². The third-order valence-electron chi connectivity index (χ3n) is 3.21. The fraction of sp³-hybridized carbons (Fsp3) is 0.375. The largest absolute Gasteiger partial charge is 0.407 e. The molecular formula is C16H15F5N2O2S. The first-order valence-electron chi connectivity index (χ1n) is 7.34. The van der Waals surface area contributed by atoms with E-state index in [4.69, 9.17) is 4.74 Å². The summed E-state index contributed by atoms with van der Waals surface area (Å²) in [7, 11) is 0. The van der Waals surface area contributed by atoms with Gasteiger partial charge in [-0.25, -0.2) is 26.6 Å². The van der Waals surface area contributed by atoms with E-state index in [9.17, 15) is 26.7 Å². The van der Waals surface area contributed by atoms with Gasteiger partial charge in [-0.3, -0.25) is 4.79 Å². The first kappa shape index (κ1) is 20.2. The zero-order valence-electron chi connectivity index (χ0n) is 14.5. The zero-order chi connectivity index (χ0) is 20.0. The summed E-state index contributed by atoms with van der Waals surface area (Å²) in [5.41, 5.74) is -0.477. The van der Waals surface area contributed by atoms with Gasteiger partial charge in [-0.2, -0.15) is 5.10 Å². The SMILES string of the molecule is CC(=O)Oc1c(Sc2c(F)c(F)c(F)c(F)c2F)c(C)nn1C(C)(C)C. The lowest BCUT2D eigenvalue weighted by Crippen LogP contribution is -2.25. The van der Waals surface area contributed by atoms with Crippen molar-refractivity contribution in [3.05, 3.63) is 34.8 Å². The minimum atomic E-state index is -2.24. The molecule has 0 unspecified atom stereocenters. The summed E-state index contributed by atoms with van der Waals surface area (Å²) in [6.45, 7) is 7.78. The van der Waals surface area contributed by atoms with Crippen LogP contribution in [0, 0.1) is 36.0 Å². The number of hydrogen-bond donors (Lipinski definition) is 0. The third-order valence-corrected chi connectivity index (χ3v) is 4.45. The Morgan fingerprint density at radius 2 is 1.42 bits per heavy atom. The van der Waals surface area contributed by atoms with Gasteiger partial charge >= 0.3 is 5.97 Å². The molecule has 2 rings (SSSR count). The summed E-state index contributed by atoms with van der Waals surface area (Å²) in [6.07, 6.45) is 0. The van der Waals surface area contributed by atoms with Crippen LogP contribution in [0.15, 0.2) is 9.79 Å². The van der Waals surface area contributed by atoms with Gasteiger partial charge in [0.1, 0.15) is 0 Å². The molecule has 26 heavy (non-hydrogen) atoms. The van der Waals surface area contributed by atoms with Crippen LogP contribution in [0.4, 0.5) is 22.0 Å². The molecule has 0 spiro atoms. The second-order valence-corrected chi connectivity index (χ2v) is 7.42. The smallest absolute Gasteiger partial charge is 0.309 e. The van der Waals surface area contributed by atoms with Crippen molar-refractivity contribution >= 4 is 17.7 Å². The van der Waals surface area contributed by atoms with Crippen LogP contribution in [0.25, 0.3) is 0 Å². The Balaban J connectivity index is 2.68. The maximum absolute atomic E-state index is 14.0. The highest BCUT2D eigenvalue weighted by atomic mass is 32.2. The van der Waals surface area contributed by atoms with Crippen molar-refractivity contribution in [3.63, 3.8) is 0 Å². The van der Waals surface area contributed by atoms with E-state index in [1.54, 1.807) is 20.8 Å². The molecule has 0 N–H and O–H groups in total. The molecule has 4 nitrogen and oxygen atoms in total. The van der Waals surface area contributed by atoms with E-state index >= 15 is 0 Å². The molecule has 2 aromatic rings. The Morgan fingerprint density at radius 3 is 1.85 bits per heavy atom. The van der Waals surface area contributed by atoms with Gasteiger partial charge in [0.15, 0.2) is 23.3 Å². The summed E-state index contributed by atoms with van der Waals surface area (Å²) >= 11 is 0.253. The monoisotopic (exact) mass is 394 g/mol. The van der Waals surface area contributed by atoms with Crippen LogP contribution in [0.2, 0.25) is 0 Å². The van der Waals surface area contributed by atoms with Gasteiger partial charge in [0.05, 0.1) is 21.0 Å². The number of aryl methyl sites for hydroxylation is 1. The number of ether oxygens (including phenoxy) is 1. The molecule has 0 saturated heterocycles. The molecule has 0 aliphatic carbocycles. The summed E-state index contributed by atoms with van der Waals surface area (Å²) in [4.78, 5) is 10.3. The van der Waals surface area contributed by atoms with Gasteiger partial charge in [-0.15, -0.1) is 0 Å². The van der Waals surface area contributed by atoms with Crippen LogP contribution in [0.1, 0.15) is 33.4 Å². The predicted molar refractivity (Wildman–Crippen MR) is 83.6 cm³/mol. The number of nitrogens with zero attached hydrogens (tertiary/aromatic N) is 2. The van der Waals surface area contributed by atoms with Gasteiger partial charge in [-0.1, -0.05) is 11.8 Å². The number of aromatic nitrogens is 2. The van der Waals surface area contributed by atoms with Crippen LogP contribution < -0.4 is 4.74 Å². The maximum Gasteiger partial charge on any atom is 0.309 e. The number of halogens is 5. The molecule has 0 saturated carbocycles. The van der Waals surface area contributed by atoms with Crippen molar-refractivity contribution in [2.45, 2.75) is 49.9 Å². The second kappa shape index (κ2) is 6.90. The van der Waals surface area contributed by atoms with E-state index in [0.717, 1.165) is 6.92 Å². The van der Waals surface area contributed by atoms with Crippen molar-refractivity contribution in [1.29, 1.82) is 0 Å². The van der Waals surface area contributed by atoms with Gasteiger partial charge in [0.2, 0.25) is 11.7 Å².